The third kappa shape index (κ3) is 2.87. The van der Waals surface area contributed by atoms with E-state index in [1.54, 1.807) is 0 Å². The fraction of sp³-hybridized carbons (Fsp3) is 0.667. The summed E-state index contributed by atoms with van der Waals surface area (Å²) >= 11 is 0. The summed E-state index contributed by atoms with van der Waals surface area (Å²) in [5, 5.41) is 3.40. The minimum atomic E-state index is 0. The van der Waals surface area contributed by atoms with Crippen LogP contribution in [0.5, 0.6) is 0 Å². The van der Waals surface area contributed by atoms with E-state index < -0.39 is 0 Å². The van der Waals surface area contributed by atoms with E-state index in [-0.39, 0.29) is 24.8 Å². The smallest absolute Gasteiger partial charge is 0.105 e. The molecule has 2 heterocycles. The number of nitrogens with zero attached hydrogens (tertiary/aromatic N) is 2. The summed E-state index contributed by atoms with van der Waals surface area (Å²) in [7, 11) is 0. The van der Waals surface area contributed by atoms with Crippen LogP contribution in [0.2, 0.25) is 0 Å². The van der Waals surface area contributed by atoms with Crippen LogP contribution in [0.4, 0.5) is 0 Å². The molecule has 1 unspecified atom stereocenters. The summed E-state index contributed by atoms with van der Waals surface area (Å²) in [6.45, 7) is 4.33. The Morgan fingerprint density at radius 1 is 1.50 bits per heavy atom. The summed E-state index contributed by atoms with van der Waals surface area (Å²) in [6.07, 6.45) is 6.52. The van der Waals surface area contributed by atoms with Crippen LogP contribution in [0, 0.1) is 6.92 Å². The van der Waals surface area contributed by atoms with Gasteiger partial charge < -0.3 is 9.88 Å². The highest BCUT2D eigenvalue weighted by atomic mass is 35.5. The normalized spacial score (nSPS) is 20.8. The molecule has 0 bridgehead atoms. The van der Waals surface area contributed by atoms with Crippen molar-refractivity contribution >= 4 is 24.8 Å². The average Bonchev–Trinajstić information content (AvgIpc) is 2.53. The van der Waals surface area contributed by atoms with E-state index in [0.29, 0.717) is 6.04 Å². The Kier molecular flexibility index (Phi) is 6.16. The van der Waals surface area contributed by atoms with Gasteiger partial charge in [0.1, 0.15) is 5.82 Å². The van der Waals surface area contributed by atoms with Gasteiger partial charge in [-0.3, -0.25) is 0 Å². The summed E-state index contributed by atoms with van der Waals surface area (Å²) < 4.78 is 2.27. The number of nitrogens with one attached hydrogen (secondary N) is 1. The topological polar surface area (TPSA) is 29.9 Å². The van der Waals surface area contributed by atoms with Gasteiger partial charge in [-0.1, -0.05) is 0 Å². The molecule has 1 aliphatic heterocycles. The van der Waals surface area contributed by atoms with E-state index in [0.717, 1.165) is 12.4 Å². The molecule has 2 rings (SSSR count). The minimum Gasteiger partial charge on any atom is -0.331 e. The zero-order valence-electron chi connectivity index (χ0n) is 8.27. The van der Waals surface area contributed by atoms with Crippen LogP contribution in [-0.2, 0) is 0 Å². The molecule has 0 spiro atoms. The third-order valence-corrected chi connectivity index (χ3v) is 2.53. The van der Waals surface area contributed by atoms with E-state index in [1.807, 2.05) is 6.20 Å². The lowest BCUT2D eigenvalue weighted by Gasteiger charge is -2.24. The molecule has 0 amide bonds. The SMILES string of the molecule is Cc1nccn1C1CCCNC1.Cl.Cl. The molecule has 0 aromatic carbocycles. The Hall–Kier alpha value is -0.250. The maximum atomic E-state index is 4.23. The highest BCUT2D eigenvalue weighted by molar-refractivity contribution is 5.85. The van der Waals surface area contributed by atoms with Crippen molar-refractivity contribution in [2.24, 2.45) is 0 Å². The van der Waals surface area contributed by atoms with E-state index >= 15 is 0 Å². The van der Waals surface area contributed by atoms with Crippen molar-refractivity contribution in [3.63, 3.8) is 0 Å². The van der Waals surface area contributed by atoms with Gasteiger partial charge in [0, 0.05) is 25.0 Å². The second kappa shape index (κ2) is 6.27. The van der Waals surface area contributed by atoms with Gasteiger partial charge in [-0.2, -0.15) is 0 Å². The van der Waals surface area contributed by atoms with Gasteiger partial charge >= 0.3 is 0 Å². The average molecular weight is 238 g/mol. The van der Waals surface area contributed by atoms with E-state index in [2.05, 4.69) is 28.0 Å². The molecule has 0 radical (unpaired) electrons. The van der Waals surface area contributed by atoms with E-state index in [1.165, 1.54) is 19.4 Å². The molecule has 1 atom stereocenters. The predicted octanol–water partition coefficient (Wildman–Crippen LogP) is 1.96. The van der Waals surface area contributed by atoms with Crippen LogP contribution in [0.3, 0.4) is 0 Å². The largest absolute Gasteiger partial charge is 0.331 e. The molecule has 5 heteroatoms. The maximum absolute atomic E-state index is 4.23. The first-order valence-corrected chi connectivity index (χ1v) is 4.58. The number of rotatable bonds is 1. The Balaban J connectivity index is 0.000000845. The molecule has 3 nitrogen and oxygen atoms in total. The van der Waals surface area contributed by atoms with Gasteiger partial charge in [0.25, 0.3) is 0 Å². The molecular weight excluding hydrogens is 221 g/mol. The van der Waals surface area contributed by atoms with Gasteiger partial charge in [-0.15, -0.1) is 24.8 Å². The van der Waals surface area contributed by atoms with Crippen molar-refractivity contribution in [3.8, 4) is 0 Å². The van der Waals surface area contributed by atoms with Crippen molar-refractivity contribution in [2.75, 3.05) is 13.1 Å². The Bertz CT molecular complexity index is 256. The molecule has 1 aromatic heterocycles. The quantitative estimate of drug-likeness (QED) is 0.810. The van der Waals surface area contributed by atoms with Crippen LogP contribution in [0.15, 0.2) is 12.4 Å². The first-order valence-electron chi connectivity index (χ1n) is 4.58. The zero-order valence-corrected chi connectivity index (χ0v) is 9.90. The monoisotopic (exact) mass is 237 g/mol. The molecule has 1 N–H and O–H groups in total. The Morgan fingerprint density at radius 3 is 2.79 bits per heavy atom. The number of aromatic nitrogens is 2. The van der Waals surface area contributed by atoms with Crippen LogP contribution in [0.25, 0.3) is 0 Å². The molecule has 1 fully saturated rings. The first-order chi connectivity index (χ1) is 5.88. The number of piperidine rings is 1. The van der Waals surface area contributed by atoms with Crippen molar-refractivity contribution in [1.29, 1.82) is 0 Å². The van der Waals surface area contributed by atoms with E-state index in [4.69, 9.17) is 0 Å². The van der Waals surface area contributed by atoms with Gasteiger partial charge in [0.2, 0.25) is 0 Å². The van der Waals surface area contributed by atoms with E-state index in [9.17, 15) is 0 Å². The molecule has 14 heavy (non-hydrogen) atoms. The first kappa shape index (κ1) is 13.8. The molecule has 1 aromatic rings. The lowest BCUT2D eigenvalue weighted by atomic mass is 10.1. The van der Waals surface area contributed by atoms with Crippen molar-refractivity contribution in [1.82, 2.24) is 14.9 Å². The second-order valence-electron chi connectivity index (χ2n) is 3.38. The molecule has 0 aliphatic carbocycles. The summed E-state index contributed by atoms with van der Waals surface area (Å²) in [5.41, 5.74) is 0. The molecule has 1 saturated heterocycles. The Labute approximate surface area is 97.1 Å². The van der Waals surface area contributed by atoms with Crippen molar-refractivity contribution in [3.05, 3.63) is 18.2 Å². The van der Waals surface area contributed by atoms with Crippen molar-refractivity contribution in [2.45, 2.75) is 25.8 Å². The number of halogens is 2. The number of aryl methyl sites for hydroxylation is 1. The number of imidazole rings is 1. The lowest BCUT2D eigenvalue weighted by molar-refractivity contribution is 0.366. The molecule has 82 valence electrons. The van der Waals surface area contributed by atoms with Crippen LogP contribution < -0.4 is 5.32 Å². The highest BCUT2D eigenvalue weighted by Crippen LogP contribution is 2.17. The van der Waals surface area contributed by atoms with Gasteiger partial charge in [-0.05, 0) is 26.3 Å². The van der Waals surface area contributed by atoms with Crippen LogP contribution >= 0.6 is 24.8 Å². The summed E-state index contributed by atoms with van der Waals surface area (Å²) in [4.78, 5) is 4.23. The van der Waals surface area contributed by atoms with Crippen molar-refractivity contribution < 1.29 is 0 Å². The molecule has 1 aliphatic rings. The van der Waals surface area contributed by atoms with Gasteiger partial charge in [0.15, 0.2) is 0 Å². The van der Waals surface area contributed by atoms with Gasteiger partial charge in [0.05, 0.1) is 0 Å². The number of hydrogen-bond donors (Lipinski definition) is 1. The lowest BCUT2D eigenvalue weighted by Crippen LogP contribution is -2.31. The summed E-state index contributed by atoms with van der Waals surface area (Å²) in [6, 6.07) is 0.626. The summed E-state index contributed by atoms with van der Waals surface area (Å²) in [5.74, 6) is 1.13. The standard InChI is InChI=1S/C9H15N3.2ClH/c1-8-11-5-6-12(8)9-3-2-4-10-7-9;;/h5-6,9-10H,2-4,7H2,1H3;2*1H. The molecular formula is C9H17Cl2N3. The fourth-order valence-electron chi connectivity index (χ4n) is 1.84. The Morgan fingerprint density at radius 2 is 2.29 bits per heavy atom. The number of hydrogen-bond acceptors (Lipinski definition) is 2. The fourth-order valence-corrected chi connectivity index (χ4v) is 1.84. The van der Waals surface area contributed by atoms with Gasteiger partial charge in [-0.25, -0.2) is 4.98 Å². The zero-order chi connectivity index (χ0) is 8.39. The second-order valence-corrected chi connectivity index (χ2v) is 3.38. The highest BCUT2D eigenvalue weighted by Gasteiger charge is 2.15. The maximum Gasteiger partial charge on any atom is 0.105 e. The minimum absolute atomic E-state index is 0. The van der Waals surface area contributed by atoms with Crippen LogP contribution in [-0.4, -0.2) is 22.6 Å². The van der Waals surface area contributed by atoms with Crippen LogP contribution in [0.1, 0.15) is 24.7 Å². The predicted molar refractivity (Wildman–Crippen MR) is 62.6 cm³/mol. The molecule has 0 saturated carbocycles. The third-order valence-electron chi connectivity index (χ3n) is 2.53.